The number of benzene rings is 1. The van der Waals surface area contributed by atoms with Gasteiger partial charge in [-0.3, -0.25) is 0 Å². The van der Waals surface area contributed by atoms with Crippen LogP contribution in [-0.2, 0) is 13.0 Å². The highest BCUT2D eigenvalue weighted by Crippen LogP contribution is 2.28. The van der Waals surface area contributed by atoms with Gasteiger partial charge in [0.05, 0.1) is 17.9 Å². The number of nitriles is 1. The molecule has 22 heavy (non-hydrogen) atoms. The molecule has 0 unspecified atom stereocenters. The fourth-order valence-electron chi connectivity index (χ4n) is 2.69. The zero-order valence-corrected chi connectivity index (χ0v) is 12.7. The molecular formula is C17H17FN4. The van der Waals surface area contributed by atoms with Crippen LogP contribution in [0.4, 0.5) is 10.1 Å². The number of anilines is 1. The predicted molar refractivity (Wildman–Crippen MR) is 82.0 cm³/mol. The van der Waals surface area contributed by atoms with Gasteiger partial charge in [0.15, 0.2) is 0 Å². The van der Waals surface area contributed by atoms with E-state index >= 15 is 0 Å². The predicted octanol–water partition coefficient (Wildman–Crippen LogP) is 3.17. The van der Waals surface area contributed by atoms with Crippen LogP contribution in [0.3, 0.4) is 0 Å². The molecule has 2 aromatic rings. The maximum atomic E-state index is 13.8. The van der Waals surface area contributed by atoms with Crippen molar-refractivity contribution < 1.29 is 4.39 Å². The quantitative estimate of drug-likeness (QED) is 0.854. The maximum Gasteiger partial charge on any atom is 0.143 e. The van der Waals surface area contributed by atoms with Gasteiger partial charge in [-0.05, 0) is 24.1 Å². The molecule has 1 aromatic carbocycles. The van der Waals surface area contributed by atoms with Crippen LogP contribution < -0.4 is 4.90 Å². The van der Waals surface area contributed by atoms with E-state index in [9.17, 15) is 9.65 Å². The van der Waals surface area contributed by atoms with Crippen molar-refractivity contribution in [1.82, 2.24) is 9.97 Å². The first-order valence-corrected chi connectivity index (χ1v) is 7.38. The summed E-state index contributed by atoms with van der Waals surface area (Å²) in [5.41, 5.74) is 2.84. The van der Waals surface area contributed by atoms with Crippen LogP contribution in [0.25, 0.3) is 0 Å². The molecule has 112 valence electrons. The lowest BCUT2D eigenvalue weighted by molar-refractivity contribution is 0.619. The molecule has 0 radical (unpaired) electrons. The van der Waals surface area contributed by atoms with E-state index in [1.807, 2.05) is 17.2 Å². The van der Waals surface area contributed by atoms with Crippen molar-refractivity contribution >= 4 is 5.69 Å². The Morgan fingerprint density at radius 2 is 2.18 bits per heavy atom. The Kier molecular flexibility index (Phi) is 3.76. The van der Waals surface area contributed by atoms with E-state index in [1.165, 1.54) is 6.07 Å². The van der Waals surface area contributed by atoms with E-state index in [4.69, 9.17) is 0 Å². The Morgan fingerprint density at radius 1 is 1.36 bits per heavy atom. The van der Waals surface area contributed by atoms with Crippen LogP contribution in [-0.4, -0.2) is 16.5 Å². The third-order valence-corrected chi connectivity index (χ3v) is 3.93. The van der Waals surface area contributed by atoms with Gasteiger partial charge in [-0.25, -0.2) is 14.4 Å². The average molecular weight is 296 g/mol. The third kappa shape index (κ3) is 2.52. The molecule has 0 fully saturated rings. The summed E-state index contributed by atoms with van der Waals surface area (Å²) >= 11 is 0. The minimum absolute atomic E-state index is 0.101. The standard InChI is InChI=1S/C17H17FN4/c1-11(2)17-20-9-12-6-7-22(10-15(12)21-17)16-5-3-4-14(18)13(16)8-19/h3-5,9,11H,6-7,10H2,1-2H3. The lowest BCUT2D eigenvalue weighted by atomic mass is 10.0. The lowest BCUT2D eigenvalue weighted by Gasteiger charge is -2.30. The van der Waals surface area contributed by atoms with Crippen molar-refractivity contribution in [3.05, 3.63) is 52.9 Å². The number of hydrogen-bond acceptors (Lipinski definition) is 4. The van der Waals surface area contributed by atoms with E-state index in [2.05, 4.69) is 23.8 Å². The molecule has 0 aliphatic carbocycles. The van der Waals surface area contributed by atoms with Gasteiger partial charge in [-0.2, -0.15) is 5.26 Å². The van der Waals surface area contributed by atoms with Crippen LogP contribution in [0.1, 0.15) is 42.4 Å². The van der Waals surface area contributed by atoms with Crippen molar-refractivity contribution in [2.45, 2.75) is 32.7 Å². The van der Waals surface area contributed by atoms with Gasteiger partial charge in [0.25, 0.3) is 0 Å². The van der Waals surface area contributed by atoms with Crippen molar-refractivity contribution in [2.24, 2.45) is 0 Å². The molecule has 0 saturated carbocycles. The molecule has 0 spiro atoms. The molecule has 0 bridgehead atoms. The smallest absolute Gasteiger partial charge is 0.143 e. The third-order valence-electron chi connectivity index (χ3n) is 3.93. The highest BCUT2D eigenvalue weighted by atomic mass is 19.1. The Bertz CT molecular complexity index is 749. The molecule has 1 aromatic heterocycles. The summed E-state index contributed by atoms with van der Waals surface area (Å²) in [6, 6.07) is 6.71. The Morgan fingerprint density at radius 3 is 2.91 bits per heavy atom. The number of rotatable bonds is 2. The molecule has 0 atom stereocenters. The summed E-state index contributed by atoms with van der Waals surface area (Å²) in [6.45, 7) is 5.43. The van der Waals surface area contributed by atoms with Gasteiger partial charge in [0.2, 0.25) is 0 Å². The topological polar surface area (TPSA) is 52.8 Å². The fourth-order valence-corrected chi connectivity index (χ4v) is 2.69. The Balaban J connectivity index is 1.96. The normalized spacial score (nSPS) is 13.9. The highest BCUT2D eigenvalue weighted by molar-refractivity contribution is 5.60. The second-order valence-electron chi connectivity index (χ2n) is 5.77. The molecular weight excluding hydrogens is 279 g/mol. The molecule has 3 rings (SSSR count). The molecule has 0 saturated heterocycles. The van der Waals surface area contributed by atoms with Gasteiger partial charge in [0, 0.05) is 18.7 Å². The van der Waals surface area contributed by atoms with E-state index in [-0.39, 0.29) is 11.5 Å². The highest BCUT2D eigenvalue weighted by Gasteiger charge is 2.22. The number of nitrogens with zero attached hydrogens (tertiary/aromatic N) is 4. The van der Waals surface area contributed by atoms with Crippen molar-refractivity contribution in [3.63, 3.8) is 0 Å². The molecule has 1 aliphatic heterocycles. The number of fused-ring (bicyclic) bond motifs is 1. The van der Waals surface area contributed by atoms with Crippen LogP contribution in [0.5, 0.6) is 0 Å². The minimum atomic E-state index is -0.476. The zero-order chi connectivity index (χ0) is 15.7. The molecule has 2 heterocycles. The minimum Gasteiger partial charge on any atom is -0.364 e. The van der Waals surface area contributed by atoms with E-state index in [0.29, 0.717) is 12.2 Å². The monoisotopic (exact) mass is 296 g/mol. The van der Waals surface area contributed by atoms with Crippen molar-refractivity contribution in [2.75, 3.05) is 11.4 Å². The van der Waals surface area contributed by atoms with Crippen LogP contribution in [0.2, 0.25) is 0 Å². The summed E-state index contributed by atoms with van der Waals surface area (Å²) in [7, 11) is 0. The lowest BCUT2D eigenvalue weighted by Crippen LogP contribution is -2.32. The largest absolute Gasteiger partial charge is 0.364 e. The van der Waals surface area contributed by atoms with Crippen molar-refractivity contribution in [1.29, 1.82) is 5.26 Å². The van der Waals surface area contributed by atoms with Gasteiger partial charge in [-0.15, -0.1) is 0 Å². The van der Waals surface area contributed by atoms with Gasteiger partial charge in [0.1, 0.15) is 23.3 Å². The SMILES string of the molecule is CC(C)c1ncc2c(n1)CN(c1cccc(F)c1C#N)CC2. The second-order valence-corrected chi connectivity index (χ2v) is 5.77. The van der Waals surface area contributed by atoms with E-state index in [1.54, 1.807) is 12.1 Å². The number of halogens is 1. The number of hydrogen-bond donors (Lipinski definition) is 0. The first kappa shape index (κ1) is 14.5. The Labute approximate surface area is 129 Å². The summed E-state index contributed by atoms with van der Waals surface area (Å²) in [5.74, 6) is 0.612. The van der Waals surface area contributed by atoms with Gasteiger partial charge < -0.3 is 4.90 Å². The van der Waals surface area contributed by atoms with Crippen molar-refractivity contribution in [3.8, 4) is 6.07 Å². The first-order valence-electron chi connectivity index (χ1n) is 7.38. The first-order chi connectivity index (χ1) is 10.6. The van der Waals surface area contributed by atoms with Gasteiger partial charge >= 0.3 is 0 Å². The fraction of sp³-hybridized carbons (Fsp3) is 0.353. The van der Waals surface area contributed by atoms with E-state index < -0.39 is 5.82 Å². The second kappa shape index (κ2) is 5.72. The Hall–Kier alpha value is -2.48. The summed E-state index contributed by atoms with van der Waals surface area (Å²) in [6.07, 6.45) is 2.70. The summed E-state index contributed by atoms with van der Waals surface area (Å²) in [4.78, 5) is 11.0. The van der Waals surface area contributed by atoms with E-state index in [0.717, 1.165) is 30.0 Å². The van der Waals surface area contributed by atoms with Crippen LogP contribution >= 0.6 is 0 Å². The molecule has 5 heteroatoms. The van der Waals surface area contributed by atoms with Gasteiger partial charge in [-0.1, -0.05) is 19.9 Å². The maximum absolute atomic E-state index is 13.8. The molecule has 1 aliphatic rings. The molecule has 4 nitrogen and oxygen atoms in total. The van der Waals surface area contributed by atoms with Crippen LogP contribution in [0, 0.1) is 17.1 Å². The number of aromatic nitrogens is 2. The average Bonchev–Trinajstić information content (AvgIpc) is 2.53. The van der Waals surface area contributed by atoms with Crippen LogP contribution in [0.15, 0.2) is 24.4 Å². The summed E-state index contributed by atoms with van der Waals surface area (Å²) in [5, 5.41) is 9.20. The zero-order valence-electron chi connectivity index (χ0n) is 12.7. The molecule has 0 N–H and O–H groups in total. The molecule has 0 amide bonds. The summed E-state index contributed by atoms with van der Waals surface area (Å²) < 4.78 is 13.8.